The van der Waals surface area contributed by atoms with Gasteiger partial charge in [-0.05, 0) is 25.5 Å². The third-order valence-electron chi connectivity index (χ3n) is 6.18. The molecule has 2 aliphatic rings. The molecule has 0 bridgehead atoms. The largest absolute Gasteiger partial charge is 0.393 e. The van der Waals surface area contributed by atoms with Crippen LogP contribution in [0.5, 0.6) is 0 Å². The molecule has 7 atom stereocenters. The second-order valence-corrected chi connectivity index (χ2v) is 8.45. The summed E-state index contributed by atoms with van der Waals surface area (Å²) in [5.41, 5.74) is -1.57. The summed E-state index contributed by atoms with van der Waals surface area (Å²) in [5.74, 6) is -2.01. The maximum Gasteiger partial charge on any atom is 0.173 e. The van der Waals surface area contributed by atoms with Crippen LogP contribution in [0.3, 0.4) is 0 Å². The molecule has 3 N–H and O–H groups in total. The average molecular weight is 424 g/mol. The van der Waals surface area contributed by atoms with Gasteiger partial charge in [0, 0.05) is 18.8 Å². The fourth-order valence-electron chi connectivity index (χ4n) is 4.14. The van der Waals surface area contributed by atoms with Crippen LogP contribution in [0.2, 0.25) is 0 Å². The minimum atomic E-state index is -1.40. The van der Waals surface area contributed by atoms with E-state index in [9.17, 15) is 29.3 Å². The zero-order valence-corrected chi connectivity index (χ0v) is 17.2. The Hall–Kier alpha value is -1.71. The van der Waals surface area contributed by atoms with Gasteiger partial charge in [-0.2, -0.15) is 0 Å². The summed E-state index contributed by atoms with van der Waals surface area (Å²) in [6.45, 7) is 3.65. The minimum absolute atomic E-state index is 0.143. The number of benzene rings is 1. The van der Waals surface area contributed by atoms with Crippen LogP contribution in [0.15, 0.2) is 24.3 Å². The van der Waals surface area contributed by atoms with Crippen molar-refractivity contribution in [2.75, 3.05) is 6.61 Å². The highest BCUT2D eigenvalue weighted by atomic mass is 19.1. The molecule has 8 heteroatoms. The van der Waals surface area contributed by atoms with Crippen molar-refractivity contribution < 1.29 is 38.8 Å². The van der Waals surface area contributed by atoms with Crippen LogP contribution in [0.25, 0.3) is 0 Å². The third kappa shape index (κ3) is 4.95. The first-order chi connectivity index (χ1) is 14.1. The molecule has 1 aromatic rings. The molecule has 166 valence electrons. The van der Waals surface area contributed by atoms with Gasteiger partial charge < -0.3 is 24.8 Å². The van der Waals surface area contributed by atoms with Crippen molar-refractivity contribution in [1.82, 2.24) is 0 Å². The van der Waals surface area contributed by atoms with Crippen LogP contribution < -0.4 is 0 Å². The van der Waals surface area contributed by atoms with E-state index in [1.165, 1.54) is 18.2 Å². The van der Waals surface area contributed by atoms with Gasteiger partial charge in [-0.15, -0.1) is 0 Å². The lowest BCUT2D eigenvalue weighted by atomic mass is 9.79. The van der Waals surface area contributed by atoms with Crippen LogP contribution in [0.4, 0.5) is 4.39 Å². The topological polar surface area (TPSA) is 117 Å². The van der Waals surface area contributed by atoms with Crippen molar-refractivity contribution >= 4 is 11.6 Å². The summed E-state index contributed by atoms with van der Waals surface area (Å²) in [6, 6.07) is 5.44. The second-order valence-electron chi connectivity index (χ2n) is 8.45. The van der Waals surface area contributed by atoms with E-state index < -0.39 is 47.7 Å². The number of epoxide rings is 1. The maximum atomic E-state index is 13.8. The second kappa shape index (κ2) is 9.20. The molecular formula is C22H29FO7. The van der Waals surface area contributed by atoms with Crippen molar-refractivity contribution in [1.29, 1.82) is 0 Å². The van der Waals surface area contributed by atoms with Crippen LogP contribution in [0.1, 0.15) is 49.9 Å². The predicted molar refractivity (Wildman–Crippen MR) is 104 cm³/mol. The molecule has 1 aromatic carbocycles. The Labute approximate surface area is 174 Å². The lowest BCUT2D eigenvalue weighted by Crippen LogP contribution is -2.57. The first-order valence-corrected chi connectivity index (χ1v) is 10.3. The highest BCUT2D eigenvalue weighted by molar-refractivity contribution is 6.08. The summed E-state index contributed by atoms with van der Waals surface area (Å²) in [6.07, 6.45) is -4.04. The van der Waals surface area contributed by atoms with Crippen molar-refractivity contribution in [3.63, 3.8) is 0 Å². The fraction of sp³-hybridized carbons (Fsp3) is 0.636. The van der Waals surface area contributed by atoms with E-state index in [0.717, 1.165) is 6.07 Å². The van der Waals surface area contributed by atoms with Gasteiger partial charge in [-0.3, -0.25) is 9.59 Å². The number of halogens is 1. The van der Waals surface area contributed by atoms with Gasteiger partial charge in [0.2, 0.25) is 0 Å². The van der Waals surface area contributed by atoms with E-state index in [-0.39, 0.29) is 49.6 Å². The van der Waals surface area contributed by atoms with Gasteiger partial charge >= 0.3 is 0 Å². The van der Waals surface area contributed by atoms with Gasteiger partial charge in [0.1, 0.15) is 23.3 Å². The average Bonchev–Trinajstić information content (AvgIpc) is 3.44. The molecule has 2 aliphatic heterocycles. The molecule has 2 saturated heterocycles. The molecule has 0 aliphatic carbocycles. The summed E-state index contributed by atoms with van der Waals surface area (Å²) in [7, 11) is 0. The number of hydrogen-bond acceptors (Lipinski definition) is 7. The van der Waals surface area contributed by atoms with Gasteiger partial charge in [0.05, 0.1) is 43.0 Å². The van der Waals surface area contributed by atoms with Gasteiger partial charge in [0.25, 0.3) is 0 Å². The first-order valence-electron chi connectivity index (χ1n) is 10.3. The maximum absolute atomic E-state index is 13.8. The smallest absolute Gasteiger partial charge is 0.173 e. The summed E-state index contributed by atoms with van der Waals surface area (Å²) >= 11 is 0. The van der Waals surface area contributed by atoms with E-state index in [2.05, 4.69) is 0 Å². The number of rotatable bonds is 9. The normalized spacial score (nSPS) is 33.0. The van der Waals surface area contributed by atoms with Crippen LogP contribution in [0, 0.1) is 11.7 Å². The third-order valence-corrected chi connectivity index (χ3v) is 6.18. The number of ether oxygens (including phenoxy) is 2. The molecule has 0 spiro atoms. The number of aliphatic hydroxyl groups excluding tert-OH is 3. The fourth-order valence-corrected chi connectivity index (χ4v) is 4.14. The molecule has 3 rings (SSSR count). The first kappa shape index (κ1) is 23.0. The monoisotopic (exact) mass is 424 g/mol. The molecule has 2 fully saturated rings. The summed E-state index contributed by atoms with van der Waals surface area (Å²) in [5, 5.41) is 30.6. The molecule has 0 amide bonds. The quantitative estimate of drug-likeness (QED) is 0.312. The molecule has 2 heterocycles. The Balaban J connectivity index is 1.71. The lowest BCUT2D eigenvalue weighted by molar-refractivity contribution is -0.204. The standard InChI is InChI=1S/C22H29FO7/c1-12(13(2)24)20-19(30-20)11-22(21(28)17(26)7-8-29-22)10-14(25)9-18(27)15-5-3-4-6-16(15)23/h3-6,12-13,17,19-21,24,26,28H,7-11H2,1-2H3/t12-,13-,17?,19-,20-,21?,22+/m0/s1. The van der Waals surface area contributed by atoms with E-state index >= 15 is 0 Å². The number of carbonyl (C=O) groups is 2. The molecule has 7 nitrogen and oxygen atoms in total. The Morgan fingerprint density at radius 2 is 1.97 bits per heavy atom. The zero-order chi connectivity index (χ0) is 22.1. The SMILES string of the molecule is C[C@H]([C@@H]1O[C@H]1C[C@@]1(CC(=O)CC(=O)c2ccccc2F)OCCC(O)C1O)[C@H](C)O. The van der Waals surface area contributed by atoms with Crippen molar-refractivity contribution in [3.8, 4) is 0 Å². The Morgan fingerprint density at radius 1 is 1.27 bits per heavy atom. The van der Waals surface area contributed by atoms with Crippen molar-refractivity contribution in [3.05, 3.63) is 35.6 Å². The summed E-state index contributed by atoms with van der Waals surface area (Å²) < 4.78 is 25.3. The van der Waals surface area contributed by atoms with E-state index in [1.54, 1.807) is 6.92 Å². The lowest BCUT2D eigenvalue weighted by Gasteiger charge is -2.43. The molecule has 30 heavy (non-hydrogen) atoms. The number of ketones is 2. The Morgan fingerprint density at radius 3 is 2.63 bits per heavy atom. The van der Waals surface area contributed by atoms with E-state index in [4.69, 9.17) is 9.47 Å². The molecule has 2 unspecified atom stereocenters. The highest BCUT2D eigenvalue weighted by Gasteiger charge is 2.55. The van der Waals surface area contributed by atoms with Gasteiger partial charge in [-0.1, -0.05) is 19.1 Å². The van der Waals surface area contributed by atoms with Gasteiger partial charge in [-0.25, -0.2) is 4.39 Å². The van der Waals surface area contributed by atoms with E-state index in [0.29, 0.717) is 0 Å². The highest BCUT2D eigenvalue weighted by Crippen LogP contribution is 2.42. The molecule has 0 saturated carbocycles. The van der Waals surface area contributed by atoms with Crippen LogP contribution in [-0.2, 0) is 14.3 Å². The predicted octanol–water partition coefficient (Wildman–Crippen LogP) is 1.41. The van der Waals surface area contributed by atoms with E-state index in [1.807, 2.05) is 6.92 Å². The zero-order valence-electron chi connectivity index (χ0n) is 17.2. The van der Waals surface area contributed by atoms with Gasteiger partial charge in [0.15, 0.2) is 5.78 Å². The molecule has 0 radical (unpaired) electrons. The number of hydrogen-bond donors (Lipinski definition) is 3. The van der Waals surface area contributed by atoms with Crippen LogP contribution >= 0.6 is 0 Å². The minimum Gasteiger partial charge on any atom is -0.393 e. The Kier molecular flexibility index (Phi) is 7.04. The molecule has 0 aromatic heterocycles. The summed E-state index contributed by atoms with van der Waals surface area (Å²) in [4.78, 5) is 25.0. The number of carbonyl (C=O) groups excluding carboxylic acids is 2. The molecular weight excluding hydrogens is 395 g/mol. The van der Waals surface area contributed by atoms with Crippen LogP contribution in [-0.4, -0.2) is 69.6 Å². The van der Waals surface area contributed by atoms with Crippen molar-refractivity contribution in [2.45, 2.75) is 75.7 Å². The Bertz CT molecular complexity index is 783. The number of aliphatic hydroxyl groups is 3. The van der Waals surface area contributed by atoms with Crippen molar-refractivity contribution in [2.24, 2.45) is 5.92 Å². The number of Topliss-reactive ketones (excluding diaryl/α,β-unsaturated/α-hetero) is 2.